The first-order valence-electron chi connectivity index (χ1n) is 2.59. The van der Waals surface area contributed by atoms with Gasteiger partial charge in [0.15, 0.2) is 5.69 Å². The zero-order chi connectivity index (χ0) is 7.56. The molecule has 1 heterocycles. The number of hydrogen-bond acceptors (Lipinski definition) is 3. The third-order valence-electron chi connectivity index (χ3n) is 0.989. The van der Waals surface area contributed by atoms with Crippen molar-refractivity contribution in [3.05, 3.63) is 24.0 Å². The van der Waals surface area contributed by atoms with E-state index in [0.29, 0.717) is 0 Å². The molecule has 0 aliphatic rings. The Hall–Kier alpha value is -0.580. The molecule has 4 nitrogen and oxygen atoms in total. The summed E-state index contributed by atoms with van der Waals surface area (Å²) in [6.45, 7) is 0. The van der Waals surface area contributed by atoms with Crippen LogP contribution in [0.5, 0.6) is 5.75 Å². The van der Waals surface area contributed by atoms with Gasteiger partial charge in [0, 0.05) is 6.20 Å². The van der Waals surface area contributed by atoms with E-state index >= 15 is 0 Å². The van der Waals surface area contributed by atoms with E-state index in [2.05, 4.69) is 4.98 Å². The number of hydrogen-bond donors (Lipinski definition) is 2. The molecule has 0 aliphatic heterocycles. The summed E-state index contributed by atoms with van der Waals surface area (Å²) in [5.41, 5.74) is -0.317. The Kier molecular flexibility index (Phi) is 4.10. The van der Waals surface area contributed by atoms with Gasteiger partial charge in [0.1, 0.15) is 5.75 Å². The molecule has 0 saturated heterocycles. The van der Waals surface area contributed by atoms with Gasteiger partial charge in [-0.2, -0.15) is 0 Å². The first-order chi connectivity index (χ1) is 4.72. The molecule has 0 atom stereocenters. The maximum atomic E-state index is 10.2. The number of aromatic hydroxyl groups is 1. The summed E-state index contributed by atoms with van der Waals surface area (Å²) in [5, 5.41) is 17.2. The van der Waals surface area contributed by atoms with Crippen molar-refractivity contribution < 1.29 is 15.0 Å². The maximum absolute atomic E-state index is 10.2. The molecule has 0 bridgehead atoms. The Morgan fingerprint density at radius 1 is 1.55 bits per heavy atom. The van der Waals surface area contributed by atoms with Crippen molar-refractivity contribution in [1.29, 1.82) is 0 Å². The quantitative estimate of drug-likeness (QED) is 0.564. The van der Waals surface area contributed by atoms with Crippen molar-refractivity contribution in [1.82, 2.24) is 4.98 Å². The number of carboxylic acid groups (broad SMARTS) is 1. The molecular formula is C6H6NNaO3. The minimum absolute atomic E-state index is 0. The van der Waals surface area contributed by atoms with Crippen molar-refractivity contribution in [3.8, 4) is 5.75 Å². The number of carboxylic acids is 1. The van der Waals surface area contributed by atoms with Crippen LogP contribution in [0.1, 0.15) is 10.5 Å². The summed E-state index contributed by atoms with van der Waals surface area (Å²) in [5.74, 6) is -1.53. The average Bonchev–Trinajstić information content (AvgIpc) is 1.88. The van der Waals surface area contributed by atoms with Crippen LogP contribution >= 0.6 is 0 Å². The fraction of sp³-hybridized carbons (Fsp3) is 0. The topological polar surface area (TPSA) is 70.4 Å². The molecule has 2 N–H and O–H groups in total. The molecule has 11 heavy (non-hydrogen) atoms. The zero-order valence-electron chi connectivity index (χ0n) is 4.98. The van der Waals surface area contributed by atoms with Gasteiger partial charge in [-0.25, -0.2) is 9.78 Å². The number of aromatic carboxylic acids is 1. The Morgan fingerprint density at radius 3 is 2.55 bits per heavy atom. The first kappa shape index (κ1) is 10.4. The second-order valence-electron chi connectivity index (χ2n) is 1.68. The van der Waals surface area contributed by atoms with Crippen molar-refractivity contribution in [3.63, 3.8) is 0 Å². The summed E-state index contributed by atoms with van der Waals surface area (Å²) in [6, 6.07) is 2.73. The van der Waals surface area contributed by atoms with E-state index in [0.717, 1.165) is 0 Å². The average molecular weight is 163 g/mol. The monoisotopic (exact) mass is 163 g/mol. The molecule has 0 aliphatic carbocycles. The Morgan fingerprint density at radius 2 is 2.18 bits per heavy atom. The van der Waals surface area contributed by atoms with Crippen LogP contribution in [-0.2, 0) is 0 Å². The molecule has 0 spiro atoms. The van der Waals surface area contributed by atoms with Crippen LogP contribution in [0.4, 0.5) is 0 Å². The summed E-state index contributed by atoms with van der Waals surface area (Å²) in [4.78, 5) is 13.6. The molecule has 0 unspecified atom stereocenters. The summed E-state index contributed by atoms with van der Waals surface area (Å²) < 4.78 is 0. The van der Waals surface area contributed by atoms with Gasteiger partial charge in [0.05, 0.1) is 0 Å². The standard InChI is InChI=1S/C6H5NO3.Na.H/c8-4-2-1-3-7-5(4)6(9)10;;/h1-3,8H,(H,9,10);;. The third kappa shape index (κ3) is 2.49. The number of carbonyl (C=O) groups is 1. The van der Waals surface area contributed by atoms with E-state index in [9.17, 15) is 4.79 Å². The van der Waals surface area contributed by atoms with Gasteiger partial charge >= 0.3 is 35.5 Å². The number of pyridine rings is 1. The Bertz CT molecular complexity index is 264. The van der Waals surface area contributed by atoms with Crippen molar-refractivity contribution >= 4 is 35.5 Å². The number of nitrogens with zero attached hydrogens (tertiary/aromatic N) is 1. The molecule has 0 fully saturated rings. The van der Waals surface area contributed by atoms with Gasteiger partial charge in [-0.15, -0.1) is 0 Å². The molecule has 54 valence electrons. The molecule has 1 aromatic heterocycles. The zero-order valence-corrected chi connectivity index (χ0v) is 4.98. The number of rotatable bonds is 1. The van der Waals surface area contributed by atoms with E-state index in [1.54, 1.807) is 0 Å². The van der Waals surface area contributed by atoms with Crippen LogP contribution < -0.4 is 0 Å². The third-order valence-corrected chi connectivity index (χ3v) is 0.989. The van der Waals surface area contributed by atoms with Crippen LogP contribution in [0.3, 0.4) is 0 Å². The molecule has 0 radical (unpaired) electrons. The van der Waals surface area contributed by atoms with Gasteiger partial charge in [-0.1, -0.05) is 0 Å². The number of aromatic nitrogens is 1. The van der Waals surface area contributed by atoms with Crippen LogP contribution in [0.15, 0.2) is 18.3 Å². The summed E-state index contributed by atoms with van der Waals surface area (Å²) in [6.07, 6.45) is 1.31. The molecular weight excluding hydrogens is 157 g/mol. The Labute approximate surface area is 85.2 Å². The molecule has 0 saturated carbocycles. The fourth-order valence-electron chi connectivity index (χ4n) is 0.562. The minimum atomic E-state index is -1.22. The van der Waals surface area contributed by atoms with Crippen LogP contribution in [0, 0.1) is 0 Å². The van der Waals surface area contributed by atoms with Crippen molar-refractivity contribution in [2.24, 2.45) is 0 Å². The molecule has 5 heteroatoms. The normalized spacial score (nSPS) is 8.36. The summed E-state index contributed by atoms with van der Waals surface area (Å²) in [7, 11) is 0. The Balaban J connectivity index is 0.000001000. The predicted octanol–water partition coefficient (Wildman–Crippen LogP) is -0.163. The molecule has 1 rings (SSSR count). The van der Waals surface area contributed by atoms with Crippen molar-refractivity contribution in [2.75, 3.05) is 0 Å². The second kappa shape index (κ2) is 4.33. The van der Waals surface area contributed by atoms with Crippen molar-refractivity contribution in [2.45, 2.75) is 0 Å². The van der Waals surface area contributed by atoms with Gasteiger partial charge in [0.25, 0.3) is 0 Å². The fourth-order valence-corrected chi connectivity index (χ4v) is 0.562. The van der Waals surface area contributed by atoms with E-state index in [-0.39, 0.29) is 41.0 Å². The van der Waals surface area contributed by atoms with E-state index in [1.165, 1.54) is 18.3 Å². The van der Waals surface area contributed by atoms with Gasteiger partial charge in [-0.3, -0.25) is 0 Å². The van der Waals surface area contributed by atoms with Gasteiger partial charge in [-0.05, 0) is 12.1 Å². The first-order valence-corrected chi connectivity index (χ1v) is 2.59. The van der Waals surface area contributed by atoms with Crippen LogP contribution in [0.25, 0.3) is 0 Å². The van der Waals surface area contributed by atoms with Gasteiger partial charge < -0.3 is 10.2 Å². The molecule has 1 aromatic rings. The van der Waals surface area contributed by atoms with Crippen LogP contribution in [0.2, 0.25) is 0 Å². The van der Waals surface area contributed by atoms with Crippen LogP contribution in [-0.4, -0.2) is 50.7 Å². The summed E-state index contributed by atoms with van der Waals surface area (Å²) >= 11 is 0. The van der Waals surface area contributed by atoms with E-state index < -0.39 is 5.97 Å². The van der Waals surface area contributed by atoms with E-state index in [4.69, 9.17) is 10.2 Å². The molecule has 0 amide bonds. The van der Waals surface area contributed by atoms with E-state index in [1.807, 2.05) is 0 Å². The predicted molar refractivity (Wildman–Crippen MR) is 40.0 cm³/mol. The molecule has 0 aromatic carbocycles. The second-order valence-corrected chi connectivity index (χ2v) is 1.68. The van der Waals surface area contributed by atoms with Gasteiger partial charge in [0.2, 0.25) is 0 Å². The SMILES string of the molecule is O=C(O)c1ncccc1O.[NaH].